The highest BCUT2D eigenvalue weighted by atomic mass is 15.1. The molecule has 1 unspecified atom stereocenters. The SMILES string of the molecule is CCCNC(C#N)(CC)CCCN(C)CC1CC1. The summed E-state index contributed by atoms with van der Waals surface area (Å²) in [7, 11) is 2.21. The van der Waals surface area contributed by atoms with Gasteiger partial charge in [-0.1, -0.05) is 13.8 Å². The van der Waals surface area contributed by atoms with E-state index in [1.807, 2.05) is 0 Å². The van der Waals surface area contributed by atoms with E-state index < -0.39 is 0 Å². The number of hydrogen-bond donors (Lipinski definition) is 1. The number of nitriles is 1. The maximum Gasteiger partial charge on any atom is 0.106 e. The summed E-state index contributed by atoms with van der Waals surface area (Å²) in [6.45, 7) is 7.56. The van der Waals surface area contributed by atoms with Crippen LogP contribution < -0.4 is 5.32 Å². The monoisotopic (exact) mass is 251 g/mol. The molecule has 0 amide bonds. The second-order valence-electron chi connectivity index (χ2n) is 5.78. The first-order valence-corrected chi connectivity index (χ1v) is 7.50. The van der Waals surface area contributed by atoms with Gasteiger partial charge in [-0.15, -0.1) is 0 Å². The summed E-state index contributed by atoms with van der Waals surface area (Å²) >= 11 is 0. The first-order chi connectivity index (χ1) is 8.65. The van der Waals surface area contributed by atoms with Crippen molar-refractivity contribution < 1.29 is 0 Å². The van der Waals surface area contributed by atoms with Crippen LogP contribution in [0.25, 0.3) is 0 Å². The molecule has 1 N–H and O–H groups in total. The molecule has 0 aliphatic heterocycles. The molecule has 1 saturated carbocycles. The standard InChI is InChI=1S/C15H29N3/c1-4-10-17-15(5-2,13-16)9-6-11-18(3)12-14-7-8-14/h14,17H,4-12H2,1-3H3. The zero-order chi connectivity index (χ0) is 13.4. The van der Waals surface area contributed by atoms with E-state index in [1.165, 1.54) is 19.4 Å². The van der Waals surface area contributed by atoms with Gasteiger partial charge in [-0.25, -0.2) is 0 Å². The Balaban J connectivity index is 2.25. The van der Waals surface area contributed by atoms with Crippen molar-refractivity contribution in [3.8, 4) is 6.07 Å². The molecule has 1 rings (SSSR count). The van der Waals surface area contributed by atoms with Crippen LogP contribution in [0.1, 0.15) is 52.4 Å². The van der Waals surface area contributed by atoms with Gasteiger partial charge >= 0.3 is 0 Å². The maximum absolute atomic E-state index is 9.40. The van der Waals surface area contributed by atoms with Crippen molar-refractivity contribution in [2.45, 2.75) is 57.9 Å². The number of rotatable bonds is 10. The first kappa shape index (κ1) is 15.5. The number of nitrogens with one attached hydrogen (secondary N) is 1. The summed E-state index contributed by atoms with van der Waals surface area (Å²) < 4.78 is 0. The number of hydrogen-bond acceptors (Lipinski definition) is 3. The van der Waals surface area contributed by atoms with Crippen molar-refractivity contribution in [1.82, 2.24) is 10.2 Å². The van der Waals surface area contributed by atoms with E-state index in [1.54, 1.807) is 0 Å². The lowest BCUT2D eigenvalue weighted by Crippen LogP contribution is -2.44. The second kappa shape index (κ2) is 7.76. The van der Waals surface area contributed by atoms with E-state index in [-0.39, 0.29) is 5.54 Å². The lowest BCUT2D eigenvalue weighted by Gasteiger charge is -2.27. The molecule has 0 saturated heterocycles. The molecule has 0 aromatic carbocycles. The van der Waals surface area contributed by atoms with Crippen molar-refractivity contribution in [2.75, 3.05) is 26.7 Å². The second-order valence-corrected chi connectivity index (χ2v) is 5.78. The van der Waals surface area contributed by atoms with Crippen molar-refractivity contribution in [3.05, 3.63) is 0 Å². The fourth-order valence-corrected chi connectivity index (χ4v) is 2.41. The first-order valence-electron chi connectivity index (χ1n) is 7.50. The topological polar surface area (TPSA) is 39.1 Å². The highest BCUT2D eigenvalue weighted by Gasteiger charge is 2.27. The molecule has 1 aliphatic carbocycles. The molecule has 0 radical (unpaired) electrons. The van der Waals surface area contributed by atoms with Gasteiger partial charge in [-0.3, -0.25) is 5.32 Å². The average Bonchev–Trinajstić information content (AvgIpc) is 3.18. The van der Waals surface area contributed by atoms with Crippen LogP contribution in [0.15, 0.2) is 0 Å². The predicted molar refractivity (Wildman–Crippen MR) is 76.4 cm³/mol. The van der Waals surface area contributed by atoms with Crippen LogP contribution in [0.2, 0.25) is 0 Å². The molecule has 1 atom stereocenters. The van der Waals surface area contributed by atoms with Crippen molar-refractivity contribution >= 4 is 0 Å². The zero-order valence-corrected chi connectivity index (χ0v) is 12.3. The smallest absolute Gasteiger partial charge is 0.106 e. The molecule has 0 aromatic heterocycles. The molecule has 3 heteroatoms. The summed E-state index contributed by atoms with van der Waals surface area (Å²) in [4.78, 5) is 2.43. The summed E-state index contributed by atoms with van der Waals surface area (Å²) in [6.07, 6.45) is 6.90. The molecule has 0 aromatic rings. The molecule has 1 fully saturated rings. The molecular weight excluding hydrogens is 222 g/mol. The van der Waals surface area contributed by atoms with Crippen LogP contribution in [-0.2, 0) is 0 Å². The van der Waals surface area contributed by atoms with E-state index >= 15 is 0 Å². The quantitative estimate of drug-likeness (QED) is 0.649. The predicted octanol–water partition coefficient (Wildman–Crippen LogP) is 2.78. The van der Waals surface area contributed by atoms with Crippen LogP contribution in [0.3, 0.4) is 0 Å². The van der Waals surface area contributed by atoms with Crippen molar-refractivity contribution in [1.29, 1.82) is 5.26 Å². The molecule has 104 valence electrons. The summed E-state index contributed by atoms with van der Waals surface area (Å²) in [5.74, 6) is 0.958. The van der Waals surface area contributed by atoms with Crippen LogP contribution >= 0.6 is 0 Å². The van der Waals surface area contributed by atoms with Crippen LogP contribution in [0.5, 0.6) is 0 Å². The lowest BCUT2D eigenvalue weighted by molar-refractivity contribution is 0.286. The van der Waals surface area contributed by atoms with E-state index in [2.05, 4.69) is 37.2 Å². The Morgan fingerprint density at radius 1 is 1.39 bits per heavy atom. The molecule has 18 heavy (non-hydrogen) atoms. The molecule has 3 nitrogen and oxygen atoms in total. The van der Waals surface area contributed by atoms with E-state index in [9.17, 15) is 5.26 Å². The van der Waals surface area contributed by atoms with Gasteiger partial charge in [0, 0.05) is 6.54 Å². The Morgan fingerprint density at radius 3 is 2.61 bits per heavy atom. The van der Waals surface area contributed by atoms with Crippen molar-refractivity contribution in [2.24, 2.45) is 5.92 Å². The van der Waals surface area contributed by atoms with E-state index in [4.69, 9.17) is 0 Å². The van der Waals surface area contributed by atoms with Crippen molar-refractivity contribution in [3.63, 3.8) is 0 Å². The normalized spacial score (nSPS) is 18.6. The van der Waals surface area contributed by atoms with Crippen LogP contribution in [-0.4, -0.2) is 37.1 Å². The van der Waals surface area contributed by atoms with Gasteiger partial charge < -0.3 is 4.90 Å². The largest absolute Gasteiger partial charge is 0.306 e. The van der Waals surface area contributed by atoms with E-state index in [0.29, 0.717) is 0 Å². The van der Waals surface area contributed by atoms with Crippen LogP contribution in [0.4, 0.5) is 0 Å². The highest BCUT2D eigenvalue weighted by Crippen LogP contribution is 2.29. The molecule has 0 bridgehead atoms. The van der Waals surface area contributed by atoms with Gasteiger partial charge in [0.05, 0.1) is 6.07 Å². The van der Waals surface area contributed by atoms with Gasteiger partial charge in [-0.05, 0) is 64.6 Å². The molecular formula is C15H29N3. The fraction of sp³-hybridized carbons (Fsp3) is 0.933. The Kier molecular flexibility index (Phi) is 6.67. The third-order valence-electron chi connectivity index (χ3n) is 3.94. The summed E-state index contributed by atoms with van der Waals surface area (Å²) in [5, 5.41) is 12.8. The summed E-state index contributed by atoms with van der Waals surface area (Å²) in [6, 6.07) is 2.50. The van der Waals surface area contributed by atoms with E-state index in [0.717, 1.165) is 44.7 Å². The minimum atomic E-state index is -0.295. The van der Waals surface area contributed by atoms with Gasteiger partial charge in [0.2, 0.25) is 0 Å². The molecule has 1 aliphatic rings. The third-order valence-corrected chi connectivity index (χ3v) is 3.94. The average molecular weight is 251 g/mol. The van der Waals surface area contributed by atoms with Gasteiger partial charge in [0.25, 0.3) is 0 Å². The molecule has 0 spiro atoms. The fourth-order valence-electron chi connectivity index (χ4n) is 2.41. The summed E-state index contributed by atoms with van der Waals surface area (Å²) in [5.41, 5.74) is -0.295. The highest BCUT2D eigenvalue weighted by molar-refractivity contribution is 5.06. The van der Waals surface area contributed by atoms with Gasteiger partial charge in [0.15, 0.2) is 0 Å². The Bertz CT molecular complexity index is 267. The maximum atomic E-state index is 9.40. The zero-order valence-electron chi connectivity index (χ0n) is 12.3. The molecule has 0 heterocycles. The number of nitrogens with zero attached hydrogens (tertiary/aromatic N) is 2. The lowest BCUT2D eigenvalue weighted by atomic mass is 9.91. The van der Waals surface area contributed by atoms with Gasteiger partial charge in [-0.2, -0.15) is 5.26 Å². The van der Waals surface area contributed by atoms with Gasteiger partial charge in [0.1, 0.15) is 5.54 Å². The van der Waals surface area contributed by atoms with Crippen LogP contribution in [0, 0.1) is 17.2 Å². The Hall–Kier alpha value is -0.590. The third kappa shape index (κ3) is 5.37. The minimum Gasteiger partial charge on any atom is -0.306 e. The minimum absolute atomic E-state index is 0.295. The Labute approximate surface area is 113 Å². The Morgan fingerprint density at radius 2 is 2.11 bits per heavy atom.